The van der Waals surface area contributed by atoms with Gasteiger partial charge in [-0.05, 0) is 34.8 Å². The van der Waals surface area contributed by atoms with E-state index in [1.54, 1.807) is 0 Å². The molecule has 0 unspecified atom stereocenters. The van der Waals surface area contributed by atoms with Gasteiger partial charge in [0, 0.05) is 30.4 Å². The molecule has 0 amide bonds. The van der Waals surface area contributed by atoms with Crippen molar-refractivity contribution in [2.24, 2.45) is 0 Å². The fourth-order valence-electron chi connectivity index (χ4n) is 4.49. The largest absolute Gasteiger partial charge is 0.309 e. The molecule has 0 bridgehead atoms. The third-order valence-corrected chi connectivity index (χ3v) is 13.2. The lowest BCUT2D eigenvalue weighted by Gasteiger charge is -2.38. The van der Waals surface area contributed by atoms with E-state index in [1.165, 1.54) is 6.20 Å². The molecule has 0 spiro atoms. The van der Waals surface area contributed by atoms with Crippen LogP contribution in [-0.4, -0.2) is 42.3 Å². The molecule has 0 aliphatic rings. The van der Waals surface area contributed by atoms with Gasteiger partial charge in [0.15, 0.2) is 5.65 Å². The van der Waals surface area contributed by atoms with Crippen LogP contribution in [0.3, 0.4) is 0 Å². The Balaban J connectivity index is 2.30. The van der Waals surface area contributed by atoms with E-state index in [1.807, 2.05) is 35.2 Å². The summed E-state index contributed by atoms with van der Waals surface area (Å²) in [6.07, 6.45) is 6.40. The average molecular weight is 455 g/mol. The molecule has 0 N–H and O–H groups in total. The minimum absolute atomic E-state index is 0.230. The van der Waals surface area contributed by atoms with Gasteiger partial charge in [-0.3, -0.25) is 0 Å². The first-order valence-electron chi connectivity index (χ1n) is 10.5. The molecule has 0 atom stereocenters. The van der Waals surface area contributed by atoms with Crippen LogP contribution < -0.4 is 0 Å². The van der Waals surface area contributed by atoms with Crippen LogP contribution in [0.5, 0.6) is 0 Å². The first-order chi connectivity index (χ1) is 14.5. The summed E-state index contributed by atoms with van der Waals surface area (Å²) >= 11 is 0. The summed E-state index contributed by atoms with van der Waals surface area (Å²) in [5.74, 6) is 4.11. The second-order valence-corrected chi connectivity index (χ2v) is 16.4. The molecule has 0 aromatic carbocycles. The lowest BCUT2D eigenvalue weighted by molar-refractivity contribution is 0.593. The number of hydrogen-bond acceptors (Lipinski definition) is 5. The number of aromatic nitrogens is 4. The van der Waals surface area contributed by atoms with Crippen molar-refractivity contribution in [3.63, 3.8) is 0 Å². The smallest absolute Gasteiger partial charge is 0.248 e. The lowest BCUT2D eigenvalue weighted by atomic mass is 10.2. The molecule has 0 fully saturated rings. The molecule has 0 saturated heterocycles. The first-order valence-corrected chi connectivity index (χ1v) is 14.6. The molecule has 0 aliphatic carbocycles. The van der Waals surface area contributed by atoms with Crippen molar-refractivity contribution in [2.75, 3.05) is 6.26 Å². The molecule has 3 aromatic rings. The van der Waals surface area contributed by atoms with Crippen molar-refractivity contribution in [3.8, 4) is 17.3 Å². The van der Waals surface area contributed by atoms with Crippen LogP contribution in [-0.2, 0) is 9.84 Å². The van der Waals surface area contributed by atoms with Crippen LogP contribution in [0.25, 0.3) is 16.9 Å². The zero-order chi connectivity index (χ0) is 23.0. The minimum Gasteiger partial charge on any atom is -0.309 e. The molecule has 8 heteroatoms. The van der Waals surface area contributed by atoms with Gasteiger partial charge < -0.3 is 4.57 Å². The van der Waals surface area contributed by atoms with Gasteiger partial charge >= 0.3 is 0 Å². The van der Waals surface area contributed by atoms with E-state index in [-0.39, 0.29) is 5.16 Å². The van der Waals surface area contributed by atoms with Crippen molar-refractivity contribution < 1.29 is 8.42 Å². The molecule has 0 saturated carbocycles. The summed E-state index contributed by atoms with van der Waals surface area (Å²) in [7, 11) is -5.49. The van der Waals surface area contributed by atoms with Gasteiger partial charge in [0.25, 0.3) is 0 Å². The van der Waals surface area contributed by atoms with Crippen LogP contribution in [0.4, 0.5) is 0 Å². The summed E-state index contributed by atoms with van der Waals surface area (Å²) in [5, 5.41) is 0.432. The molecule has 3 heterocycles. The summed E-state index contributed by atoms with van der Waals surface area (Å²) in [5.41, 5.74) is 6.35. The predicted octanol–water partition coefficient (Wildman–Crippen LogP) is 4.79. The number of pyridine rings is 1. The SMILES string of the molecule is CC(C)[Si](C#Cc1cc(-n2cccc2)nc2nc(S(C)(=O)=O)ncc12)(C(C)C)C(C)C. The van der Waals surface area contributed by atoms with Crippen LogP contribution >= 0.6 is 0 Å². The topological polar surface area (TPSA) is 77.7 Å². The Morgan fingerprint density at radius 1 is 0.968 bits per heavy atom. The Morgan fingerprint density at radius 3 is 2.06 bits per heavy atom. The van der Waals surface area contributed by atoms with E-state index in [4.69, 9.17) is 0 Å². The van der Waals surface area contributed by atoms with Gasteiger partial charge in [-0.2, -0.15) is 4.98 Å². The van der Waals surface area contributed by atoms with E-state index in [2.05, 4.69) is 68.0 Å². The molecule has 3 rings (SSSR count). The van der Waals surface area contributed by atoms with Crippen LogP contribution in [0.1, 0.15) is 47.1 Å². The highest BCUT2D eigenvalue weighted by Crippen LogP contribution is 2.40. The van der Waals surface area contributed by atoms with E-state index in [0.29, 0.717) is 33.5 Å². The van der Waals surface area contributed by atoms with Crippen molar-refractivity contribution >= 4 is 28.9 Å². The summed E-state index contributed by atoms with van der Waals surface area (Å²) in [4.78, 5) is 12.9. The average Bonchev–Trinajstić information content (AvgIpc) is 3.21. The summed E-state index contributed by atoms with van der Waals surface area (Å²) < 4.78 is 25.8. The van der Waals surface area contributed by atoms with Gasteiger partial charge in [0.05, 0.1) is 5.39 Å². The van der Waals surface area contributed by atoms with Gasteiger partial charge in [0.1, 0.15) is 13.9 Å². The number of rotatable bonds is 5. The second kappa shape index (κ2) is 8.56. The Bertz CT molecular complexity index is 1230. The highest BCUT2D eigenvalue weighted by Gasteiger charge is 2.41. The molecule has 31 heavy (non-hydrogen) atoms. The van der Waals surface area contributed by atoms with Crippen molar-refractivity contribution in [2.45, 2.75) is 63.3 Å². The zero-order valence-corrected chi connectivity index (χ0v) is 21.0. The van der Waals surface area contributed by atoms with Gasteiger partial charge in [-0.15, -0.1) is 5.54 Å². The van der Waals surface area contributed by atoms with E-state index < -0.39 is 17.9 Å². The number of sulfone groups is 1. The summed E-state index contributed by atoms with van der Waals surface area (Å²) in [6.45, 7) is 13.7. The standard InChI is InChI=1S/C23H30N4O2SSi/c1-16(2)31(17(3)4,18(5)6)13-10-19-14-21(27-11-8-9-12-27)25-22-20(19)15-24-23(26-22)30(7,28)29/h8-9,11-12,14-18H,1-7H3. The quantitative estimate of drug-likeness (QED) is 0.315. The third-order valence-electron chi connectivity index (χ3n) is 6.01. The Kier molecular flexibility index (Phi) is 6.39. The van der Waals surface area contributed by atoms with Gasteiger partial charge in [0.2, 0.25) is 15.0 Å². The van der Waals surface area contributed by atoms with Crippen molar-refractivity contribution in [3.05, 3.63) is 42.4 Å². The van der Waals surface area contributed by atoms with E-state index in [0.717, 1.165) is 11.8 Å². The highest BCUT2D eigenvalue weighted by molar-refractivity contribution is 7.90. The van der Waals surface area contributed by atoms with Crippen LogP contribution in [0.2, 0.25) is 16.6 Å². The molecule has 3 aromatic heterocycles. The maximum Gasteiger partial charge on any atom is 0.248 e. The normalized spacial score (nSPS) is 12.6. The first kappa shape index (κ1) is 23.2. The Morgan fingerprint density at radius 2 is 1.55 bits per heavy atom. The second-order valence-electron chi connectivity index (χ2n) is 8.93. The van der Waals surface area contributed by atoms with Crippen molar-refractivity contribution in [1.82, 2.24) is 19.5 Å². The predicted molar refractivity (Wildman–Crippen MR) is 128 cm³/mol. The molecular weight excluding hydrogens is 424 g/mol. The molecule has 164 valence electrons. The minimum atomic E-state index is -3.54. The maximum atomic E-state index is 12.0. The maximum absolute atomic E-state index is 12.0. The Labute approximate surface area is 186 Å². The summed E-state index contributed by atoms with van der Waals surface area (Å²) in [6, 6.07) is 5.75. The fourth-order valence-corrected chi connectivity index (χ4v) is 10.2. The lowest BCUT2D eigenvalue weighted by Crippen LogP contribution is -2.43. The molecule has 0 radical (unpaired) electrons. The van der Waals surface area contributed by atoms with E-state index >= 15 is 0 Å². The van der Waals surface area contributed by atoms with Gasteiger partial charge in [-0.1, -0.05) is 47.5 Å². The number of fused-ring (bicyclic) bond motifs is 1. The molecule has 0 aliphatic heterocycles. The monoisotopic (exact) mass is 454 g/mol. The van der Waals surface area contributed by atoms with Crippen LogP contribution in [0, 0.1) is 11.5 Å². The molecular formula is C23H30N4O2SSi. The Hall–Kier alpha value is -2.50. The number of hydrogen-bond donors (Lipinski definition) is 0. The highest BCUT2D eigenvalue weighted by atomic mass is 32.2. The van der Waals surface area contributed by atoms with E-state index in [9.17, 15) is 8.42 Å². The van der Waals surface area contributed by atoms with Gasteiger partial charge in [-0.25, -0.2) is 18.4 Å². The number of nitrogens with zero attached hydrogens (tertiary/aromatic N) is 4. The fraction of sp³-hybridized carbons (Fsp3) is 0.435. The zero-order valence-electron chi connectivity index (χ0n) is 19.2. The molecule has 6 nitrogen and oxygen atoms in total. The van der Waals surface area contributed by atoms with Crippen molar-refractivity contribution in [1.29, 1.82) is 0 Å². The third kappa shape index (κ3) is 4.43. The van der Waals surface area contributed by atoms with Crippen LogP contribution in [0.15, 0.2) is 41.9 Å².